The number of benzene rings is 1. The molecule has 0 bridgehead atoms. The van der Waals surface area contributed by atoms with E-state index in [9.17, 15) is 4.79 Å². The number of hydrogen-bond donors (Lipinski definition) is 1. The molecule has 1 aromatic carbocycles. The van der Waals surface area contributed by atoms with Gasteiger partial charge in [0.05, 0.1) is 0 Å². The number of anilines is 1. The van der Waals surface area contributed by atoms with Crippen molar-refractivity contribution in [2.24, 2.45) is 9.98 Å². The van der Waals surface area contributed by atoms with Crippen LogP contribution in [-0.4, -0.2) is 22.7 Å². The van der Waals surface area contributed by atoms with Crippen LogP contribution in [0.25, 0.3) is 0 Å². The van der Waals surface area contributed by atoms with Gasteiger partial charge in [-0.3, -0.25) is 9.79 Å². The van der Waals surface area contributed by atoms with Crippen LogP contribution in [0.1, 0.15) is 6.92 Å². The minimum Gasteiger partial charge on any atom is -0.334 e. The van der Waals surface area contributed by atoms with Gasteiger partial charge in [-0.25, -0.2) is 0 Å². The second kappa shape index (κ2) is 4.94. The third-order valence-corrected chi connectivity index (χ3v) is 2.64. The van der Waals surface area contributed by atoms with Gasteiger partial charge in [0.2, 0.25) is 0 Å². The summed E-state index contributed by atoms with van der Waals surface area (Å²) >= 11 is 1.45. The lowest BCUT2D eigenvalue weighted by atomic mass is 10.3. The van der Waals surface area contributed by atoms with Gasteiger partial charge < -0.3 is 5.32 Å². The summed E-state index contributed by atoms with van der Waals surface area (Å²) in [5.41, 5.74) is 0.999. The summed E-state index contributed by atoms with van der Waals surface area (Å²) in [7, 11) is 0. The van der Waals surface area contributed by atoms with E-state index < -0.39 is 0 Å². The maximum absolute atomic E-state index is 10.7. The Labute approximate surface area is 97.9 Å². The Balaban J connectivity index is 1.89. The second-order valence-electron chi connectivity index (χ2n) is 3.31. The number of rotatable bonds is 3. The highest BCUT2D eigenvalue weighted by molar-refractivity contribution is 8.29. The van der Waals surface area contributed by atoms with Crippen LogP contribution in [0.15, 0.2) is 40.3 Å². The van der Waals surface area contributed by atoms with E-state index in [1.807, 2.05) is 30.3 Å². The minimum atomic E-state index is 0.0489. The van der Waals surface area contributed by atoms with Crippen molar-refractivity contribution in [2.75, 3.05) is 11.9 Å². The number of hydrogen-bond acceptors (Lipinski definition) is 4. The first-order valence-corrected chi connectivity index (χ1v) is 5.68. The first-order chi connectivity index (χ1) is 7.74. The molecule has 1 aliphatic heterocycles. The fourth-order valence-electron chi connectivity index (χ4n) is 1.12. The number of para-hydroxylation sites is 1. The van der Waals surface area contributed by atoms with E-state index in [1.165, 1.54) is 18.7 Å². The zero-order chi connectivity index (χ0) is 11.4. The van der Waals surface area contributed by atoms with Gasteiger partial charge in [-0.15, -0.1) is 0 Å². The van der Waals surface area contributed by atoms with Crippen LogP contribution in [0.2, 0.25) is 0 Å². The Kier molecular flexibility index (Phi) is 3.36. The second-order valence-corrected chi connectivity index (χ2v) is 4.27. The Hall–Kier alpha value is -1.62. The van der Waals surface area contributed by atoms with Crippen molar-refractivity contribution < 1.29 is 4.79 Å². The molecule has 0 aliphatic carbocycles. The van der Waals surface area contributed by atoms with Crippen LogP contribution >= 0.6 is 11.8 Å². The van der Waals surface area contributed by atoms with Gasteiger partial charge in [-0.05, 0) is 30.8 Å². The SMILES string of the molecule is CC(=O)CN=C1N=C(Nc2ccccc2)S1. The largest absolute Gasteiger partial charge is 0.334 e. The molecule has 2 rings (SSSR count). The van der Waals surface area contributed by atoms with Gasteiger partial charge in [0.25, 0.3) is 0 Å². The standard InChI is InChI=1S/C11H11N3OS/c1-8(15)7-12-10-14-11(16-10)13-9-5-3-2-4-6-9/h2-6H,7H2,1H3,(H,12,13,14). The molecule has 0 spiro atoms. The molecule has 1 aliphatic rings. The molecule has 0 saturated heterocycles. The van der Waals surface area contributed by atoms with Crippen molar-refractivity contribution in [3.63, 3.8) is 0 Å². The molecule has 0 fully saturated rings. The summed E-state index contributed by atoms with van der Waals surface area (Å²) in [6.45, 7) is 1.73. The molecule has 4 nitrogen and oxygen atoms in total. The zero-order valence-corrected chi connectivity index (χ0v) is 9.62. The molecule has 82 valence electrons. The monoisotopic (exact) mass is 233 g/mol. The Morgan fingerprint density at radius 1 is 1.44 bits per heavy atom. The van der Waals surface area contributed by atoms with Gasteiger partial charge in [0.1, 0.15) is 6.54 Å². The molecule has 0 amide bonds. The number of amidine groups is 2. The first-order valence-electron chi connectivity index (χ1n) is 4.86. The Morgan fingerprint density at radius 2 is 2.12 bits per heavy atom. The summed E-state index contributed by atoms with van der Waals surface area (Å²) in [4.78, 5) is 18.9. The third kappa shape index (κ3) is 2.93. The van der Waals surface area contributed by atoms with Crippen molar-refractivity contribution in [3.8, 4) is 0 Å². The summed E-state index contributed by atoms with van der Waals surface area (Å²) in [6, 6.07) is 9.80. The molecule has 0 radical (unpaired) electrons. The van der Waals surface area contributed by atoms with E-state index in [4.69, 9.17) is 0 Å². The van der Waals surface area contributed by atoms with Crippen LogP contribution in [0.5, 0.6) is 0 Å². The van der Waals surface area contributed by atoms with Crippen LogP contribution in [-0.2, 0) is 4.79 Å². The Morgan fingerprint density at radius 3 is 2.75 bits per heavy atom. The minimum absolute atomic E-state index is 0.0489. The molecule has 0 saturated carbocycles. The number of nitrogens with one attached hydrogen (secondary N) is 1. The van der Waals surface area contributed by atoms with Crippen LogP contribution in [0, 0.1) is 0 Å². The van der Waals surface area contributed by atoms with E-state index in [-0.39, 0.29) is 12.3 Å². The van der Waals surface area contributed by atoms with E-state index in [2.05, 4.69) is 15.3 Å². The Bertz CT molecular complexity index is 454. The molecule has 0 unspecified atom stereocenters. The van der Waals surface area contributed by atoms with E-state index in [1.54, 1.807) is 0 Å². The lowest BCUT2D eigenvalue weighted by Gasteiger charge is -2.15. The number of carbonyl (C=O) groups excluding carboxylic acids is 1. The maximum Gasteiger partial charge on any atom is 0.193 e. The van der Waals surface area contributed by atoms with E-state index in [0.717, 1.165) is 10.9 Å². The number of Topliss-reactive ketones (excluding diaryl/α,β-unsaturated/α-hetero) is 1. The zero-order valence-electron chi connectivity index (χ0n) is 8.80. The maximum atomic E-state index is 10.7. The van der Waals surface area contributed by atoms with Gasteiger partial charge in [-0.2, -0.15) is 4.99 Å². The average molecular weight is 233 g/mol. The number of thioether (sulfide) groups is 1. The molecular weight excluding hydrogens is 222 g/mol. The summed E-state index contributed by atoms with van der Waals surface area (Å²) in [5, 5.41) is 4.62. The predicted molar refractivity (Wildman–Crippen MR) is 68.1 cm³/mol. The van der Waals surface area contributed by atoms with Gasteiger partial charge in [0, 0.05) is 5.69 Å². The van der Waals surface area contributed by atoms with Crippen molar-refractivity contribution in [3.05, 3.63) is 30.3 Å². The van der Waals surface area contributed by atoms with Crippen LogP contribution < -0.4 is 5.32 Å². The average Bonchev–Trinajstić information content (AvgIpc) is 2.22. The van der Waals surface area contributed by atoms with Gasteiger partial charge >= 0.3 is 0 Å². The quantitative estimate of drug-likeness (QED) is 0.870. The highest BCUT2D eigenvalue weighted by Crippen LogP contribution is 2.21. The molecule has 1 heterocycles. The molecule has 0 atom stereocenters. The van der Waals surface area contributed by atoms with Crippen molar-refractivity contribution in [1.82, 2.24) is 0 Å². The topological polar surface area (TPSA) is 53.8 Å². The van der Waals surface area contributed by atoms with E-state index in [0.29, 0.717) is 5.17 Å². The molecule has 5 heteroatoms. The molecule has 0 aromatic heterocycles. The van der Waals surface area contributed by atoms with Crippen molar-refractivity contribution in [1.29, 1.82) is 0 Å². The first kappa shape index (κ1) is 10.9. The summed E-state index contributed by atoms with van der Waals surface area (Å²) in [5.74, 6) is 0.0489. The fourth-order valence-corrected chi connectivity index (χ4v) is 1.73. The summed E-state index contributed by atoms with van der Waals surface area (Å²) < 4.78 is 0. The third-order valence-electron chi connectivity index (χ3n) is 1.85. The highest BCUT2D eigenvalue weighted by atomic mass is 32.2. The van der Waals surface area contributed by atoms with Crippen molar-refractivity contribution in [2.45, 2.75) is 6.92 Å². The normalized spacial score (nSPS) is 16.6. The number of aliphatic imine (C=N–C) groups is 2. The lowest BCUT2D eigenvalue weighted by molar-refractivity contribution is -0.115. The van der Waals surface area contributed by atoms with Crippen LogP contribution in [0.3, 0.4) is 0 Å². The van der Waals surface area contributed by atoms with Crippen molar-refractivity contribution >= 4 is 33.6 Å². The lowest BCUT2D eigenvalue weighted by Crippen LogP contribution is -2.20. The smallest absolute Gasteiger partial charge is 0.193 e. The molecule has 1 N–H and O–H groups in total. The number of ketones is 1. The number of carbonyl (C=O) groups is 1. The molecule has 16 heavy (non-hydrogen) atoms. The molecular formula is C11H11N3OS. The van der Waals surface area contributed by atoms with E-state index >= 15 is 0 Å². The van der Waals surface area contributed by atoms with Crippen LogP contribution in [0.4, 0.5) is 5.69 Å². The highest BCUT2D eigenvalue weighted by Gasteiger charge is 2.17. The predicted octanol–water partition coefficient (Wildman–Crippen LogP) is 2.15. The van der Waals surface area contributed by atoms with Gasteiger partial charge in [-0.1, -0.05) is 18.2 Å². The molecule has 1 aromatic rings. The summed E-state index contributed by atoms with van der Waals surface area (Å²) in [6.07, 6.45) is 0. The fraction of sp³-hybridized carbons (Fsp3) is 0.182. The number of nitrogens with zero attached hydrogens (tertiary/aromatic N) is 2. The van der Waals surface area contributed by atoms with Gasteiger partial charge in [0.15, 0.2) is 16.1 Å².